The number of nitriles is 1. The van der Waals surface area contributed by atoms with Gasteiger partial charge in [0.1, 0.15) is 0 Å². The van der Waals surface area contributed by atoms with Crippen LogP contribution in [0.1, 0.15) is 16.8 Å². The summed E-state index contributed by atoms with van der Waals surface area (Å²) in [5, 5.41) is 8.59. The second-order valence-electron chi connectivity index (χ2n) is 3.20. The Hall–Kier alpha value is -1.48. The van der Waals surface area contributed by atoms with Crippen molar-refractivity contribution in [3.63, 3.8) is 0 Å². The van der Waals surface area contributed by atoms with E-state index in [9.17, 15) is 13.2 Å². The van der Waals surface area contributed by atoms with E-state index >= 15 is 0 Å². The van der Waals surface area contributed by atoms with Gasteiger partial charge in [-0.15, -0.1) is 24.8 Å². The van der Waals surface area contributed by atoms with Crippen LogP contribution < -0.4 is 4.74 Å². The number of rotatable bonds is 3. The number of ether oxygens (including phenoxy) is 1. The molecule has 0 spiro atoms. The molecule has 0 unspecified atom stereocenters. The van der Waals surface area contributed by atoms with Crippen molar-refractivity contribution >= 4 is 11.6 Å². The van der Waals surface area contributed by atoms with Gasteiger partial charge in [0.25, 0.3) is 0 Å². The zero-order valence-corrected chi connectivity index (χ0v) is 9.56. The van der Waals surface area contributed by atoms with Gasteiger partial charge in [-0.05, 0) is 18.1 Å². The minimum atomic E-state index is -4.79. The summed E-state index contributed by atoms with van der Waals surface area (Å²) in [5.74, 6) is -0.568. The molecule has 92 valence electrons. The van der Waals surface area contributed by atoms with Gasteiger partial charge in [0.05, 0.1) is 12.5 Å². The van der Waals surface area contributed by atoms with Gasteiger partial charge in [-0.3, -0.25) is 0 Å². The average molecular weight is 265 g/mol. The Labute approximate surface area is 101 Å². The monoisotopic (exact) mass is 264 g/mol. The number of nitrogens with zero attached hydrogens (tertiary/aromatic N) is 2. The molecule has 0 fully saturated rings. The molecule has 0 aromatic carbocycles. The summed E-state index contributed by atoms with van der Waals surface area (Å²) >= 11 is 5.61. The van der Waals surface area contributed by atoms with Crippen LogP contribution in [0.15, 0.2) is 6.07 Å². The van der Waals surface area contributed by atoms with E-state index in [0.717, 1.165) is 6.07 Å². The molecular formula is C10H8ClF3N2O. The number of alkyl halides is 4. The highest BCUT2D eigenvalue weighted by molar-refractivity contribution is 6.17. The maximum Gasteiger partial charge on any atom is 0.574 e. The van der Waals surface area contributed by atoms with E-state index in [0.29, 0.717) is 16.8 Å². The van der Waals surface area contributed by atoms with Crippen LogP contribution >= 0.6 is 11.6 Å². The van der Waals surface area contributed by atoms with E-state index in [4.69, 9.17) is 16.9 Å². The molecule has 0 aliphatic carbocycles. The second kappa shape index (κ2) is 5.23. The van der Waals surface area contributed by atoms with Gasteiger partial charge >= 0.3 is 6.36 Å². The number of aryl methyl sites for hydroxylation is 1. The molecule has 3 nitrogen and oxygen atoms in total. The summed E-state index contributed by atoms with van der Waals surface area (Å²) in [6.07, 6.45) is -4.74. The molecule has 1 rings (SSSR count). The number of halogens is 4. The van der Waals surface area contributed by atoms with Gasteiger partial charge in [0.15, 0.2) is 0 Å². The molecule has 0 amide bonds. The quantitative estimate of drug-likeness (QED) is 0.788. The molecule has 1 aromatic heterocycles. The SMILES string of the molecule is Cc1nc(OC(F)(F)F)cc(CCl)c1CC#N. The van der Waals surface area contributed by atoms with Gasteiger partial charge in [0, 0.05) is 17.6 Å². The Balaban J connectivity index is 3.14. The fraction of sp³-hybridized carbons (Fsp3) is 0.400. The second-order valence-corrected chi connectivity index (χ2v) is 3.47. The van der Waals surface area contributed by atoms with Crippen LogP contribution in [0.4, 0.5) is 13.2 Å². The summed E-state index contributed by atoms with van der Waals surface area (Å²) in [6.45, 7) is 1.51. The minimum absolute atomic E-state index is 0.00537. The van der Waals surface area contributed by atoms with E-state index in [1.54, 1.807) is 0 Å². The van der Waals surface area contributed by atoms with E-state index < -0.39 is 12.2 Å². The van der Waals surface area contributed by atoms with Crippen molar-refractivity contribution in [1.82, 2.24) is 4.98 Å². The van der Waals surface area contributed by atoms with Crippen molar-refractivity contribution < 1.29 is 17.9 Å². The lowest BCUT2D eigenvalue weighted by Gasteiger charge is -2.12. The third-order valence-corrected chi connectivity index (χ3v) is 2.31. The van der Waals surface area contributed by atoms with Crippen LogP contribution in [0.3, 0.4) is 0 Å². The Morgan fingerprint density at radius 3 is 2.65 bits per heavy atom. The highest BCUT2D eigenvalue weighted by Gasteiger charge is 2.32. The van der Waals surface area contributed by atoms with E-state index in [2.05, 4.69) is 9.72 Å². The first kappa shape index (κ1) is 13.6. The van der Waals surface area contributed by atoms with E-state index in [-0.39, 0.29) is 12.3 Å². The van der Waals surface area contributed by atoms with Crippen LogP contribution in [0.2, 0.25) is 0 Å². The smallest absolute Gasteiger partial charge is 0.388 e. The summed E-state index contributed by atoms with van der Waals surface area (Å²) < 4.78 is 39.7. The van der Waals surface area contributed by atoms with Gasteiger partial charge < -0.3 is 4.74 Å². The number of aromatic nitrogens is 1. The molecule has 0 aliphatic rings. The maximum absolute atomic E-state index is 12.0. The molecule has 7 heteroatoms. The molecule has 0 bridgehead atoms. The Kier molecular flexibility index (Phi) is 4.18. The van der Waals surface area contributed by atoms with Crippen LogP contribution in [0, 0.1) is 18.3 Å². The highest BCUT2D eigenvalue weighted by atomic mass is 35.5. The Morgan fingerprint density at radius 2 is 2.18 bits per heavy atom. The lowest BCUT2D eigenvalue weighted by Crippen LogP contribution is -2.18. The molecule has 0 N–H and O–H groups in total. The van der Waals surface area contributed by atoms with E-state index in [1.807, 2.05) is 6.07 Å². The minimum Gasteiger partial charge on any atom is -0.388 e. The van der Waals surface area contributed by atoms with Gasteiger partial charge in [-0.2, -0.15) is 5.26 Å². The molecule has 17 heavy (non-hydrogen) atoms. The Morgan fingerprint density at radius 1 is 1.53 bits per heavy atom. The summed E-state index contributed by atoms with van der Waals surface area (Å²) in [4.78, 5) is 3.63. The lowest BCUT2D eigenvalue weighted by atomic mass is 10.1. The summed E-state index contributed by atoms with van der Waals surface area (Å²) in [5.41, 5.74) is 1.26. The molecule has 0 saturated heterocycles. The van der Waals surface area contributed by atoms with Crippen molar-refractivity contribution in [3.05, 3.63) is 22.9 Å². The van der Waals surface area contributed by atoms with E-state index in [1.165, 1.54) is 6.92 Å². The fourth-order valence-electron chi connectivity index (χ4n) is 1.34. The zero-order valence-electron chi connectivity index (χ0n) is 8.81. The topological polar surface area (TPSA) is 45.9 Å². The molecule has 0 radical (unpaired) electrons. The molecule has 0 atom stereocenters. The lowest BCUT2D eigenvalue weighted by molar-refractivity contribution is -0.276. The first-order chi connectivity index (χ1) is 7.87. The standard InChI is InChI=1S/C10H8ClF3N2O/c1-6-8(2-3-15)7(5-11)4-9(16-6)17-10(12,13)14/h4H,2,5H2,1H3. The molecule has 1 heterocycles. The zero-order chi connectivity index (χ0) is 13.1. The first-order valence-electron chi connectivity index (χ1n) is 4.55. The summed E-state index contributed by atoms with van der Waals surface area (Å²) in [7, 11) is 0. The Bertz CT molecular complexity index is 454. The predicted molar refractivity (Wildman–Crippen MR) is 54.5 cm³/mol. The third-order valence-electron chi connectivity index (χ3n) is 2.02. The summed E-state index contributed by atoms with van der Waals surface area (Å²) in [6, 6.07) is 3.00. The average Bonchev–Trinajstić information content (AvgIpc) is 2.19. The number of pyridine rings is 1. The maximum atomic E-state index is 12.0. The van der Waals surface area contributed by atoms with Gasteiger partial charge in [-0.1, -0.05) is 0 Å². The largest absolute Gasteiger partial charge is 0.574 e. The highest BCUT2D eigenvalue weighted by Crippen LogP contribution is 2.25. The molecular weight excluding hydrogens is 257 g/mol. The van der Waals surface area contributed by atoms with Crippen LogP contribution in [-0.2, 0) is 12.3 Å². The van der Waals surface area contributed by atoms with Crippen LogP contribution in [-0.4, -0.2) is 11.3 Å². The number of hydrogen-bond acceptors (Lipinski definition) is 3. The van der Waals surface area contributed by atoms with Crippen molar-refractivity contribution in [2.24, 2.45) is 0 Å². The molecule has 0 aliphatic heterocycles. The molecule has 0 saturated carbocycles. The van der Waals surface area contributed by atoms with Crippen molar-refractivity contribution in [2.75, 3.05) is 0 Å². The normalized spacial score (nSPS) is 11.1. The van der Waals surface area contributed by atoms with Crippen molar-refractivity contribution in [1.29, 1.82) is 5.26 Å². The fourth-order valence-corrected chi connectivity index (χ4v) is 1.58. The number of hydrogen-bond donors (Lipinski definition) is 0. The van der Waals surface area contributed by atoms with Crippen molar-refractivity contribution in [3.8, 4) is 11.9 Å². The predicted octanol–water partition coefficient (Wildman–Crippen LogP) is 3.09. The van der Waals surface area contributed by atoms with Gasteiger partial charge in [-0.25, -0.2) is 4.98 Å². The van der Waals surface area contributed by atoms with Crippen molar-refractivity contribution in [2.45, 2.75) is 25.6 Å². The van der Waals surface area contributed by atoms with Crippen LogP contribution in [0.25, 0.3) is 0 Å². The first-order valence-corrected chi connectivity index (χ1v) is 5.09. The molecule has 1 aromatic rings. The van der Waals surface area contributed by atoms with Crippen LogP contribution in [0.5, 0.6) is 5.88 Å². The third kappa shape index (κ3) is 3.79. The van der Waals surface area contributed by atoms with Gasteiger partial charge in [0.2, 0.25) is 5.88 Å².